The fraction of sp³-hybridized carbons (Fsp3) is 0.200. The Morgan fingerprint density at radius 1 is 1.47 bits per heavy atom. The Kier molecular flexibility index (Phi) is 2.84. The third-order valence-electron chi connectivity index (χ3n) is 2.16. The molecule has 0 radical (unpaired) electrons. The Hall–Kier alpha value is -2.28. The van der Waals surface area contributed by atoms with Gasteiger partial charge in [0.25, 0.3) is 0 Å². The van der Waals surface area contributed by atoms with Gasteiger partial charge in [-0.05, 0) is 17.3 Å². The number of nitrogens with zero attached hydrogens (tertiary/aromatic N) is 5. The third kappa shape index (κ3) is 2.28. The smallest absolute Gasteiger partial charge is 0.247 e. The fourth-order valence-corrected chi connectivity index (χ4v) is 1.36. The molecule has 0 atom stereocenters. The van der Waals surface area contributed by atoms with Crippen LogP contribution in [-0.2, 0) is 11.8 Å². The summed E-state index contributed by atoms with van der Waals surface area (Å²) in [5, 5.41) is 21.7. The molecule has 1 N–H and O–H groups in total. The summed E-state index contributed by atoms with van der Waals surface area (Å²) in [5.41, 5.74) is 1.04. The summed E-state index contributed by atoms with van der Waals surface area (Å²) in [4.78, 5) is 12.4. The van der Waals surface area contributed by atoms with Crippen molar-refractivity contribution in [1.82, 2.24) is 20.2 Å². The lowest BCUT2D eigenvalue weighted by molar-refractivity contribution is -0.121. The van der Waals surface area contributed by atoms with Gasteiger partial charge in [0.1, 0.15) is 0 Å². The molecule has 0 unspecified atom stereocenters. The van der Waals surface area contributed by atoms with E-state index >= 15 is 0 Å². The van der Waals surface area contributed by atoms with Gasteiger partial charge in [0.2, 0.25) is 11.7 Å². The van der Waals surface area contributed by atoms with Crippen molar-refractivity contribution < 1.29 is 10.0 Å². The highest BCUT2D eigenvalue weighted by atomic mass is 16.5. The number of aryl methyl sites for hydroxylation is 1. The van der Waals surface area contributed by atoms with Gasteiger partial charge in [0.15, 0.2) is 0 Å². The zero-order valence-corrected chi connectivity index (χ0v) is 9.40. The molecule has 88 valence electrons. The molecule has 1 amide bonds. The number of benzene rings is 1. The molecule has 17 heavy (non-hydrogen) atoms. The summed E-state index contributed by atoms with van der Waals surface area (Å²) in [5.74, 6) is -0.0273. The van der Waals surface area contributed by atoms with Gasteiger partial charge in [-0.3, -0.25) is 10.0 Å². The largest absolute Gasteiger partial charge is 0.281 e. The first-order chi connectivity index (χ1) is 8.08. The van der Waals surface area contributed by atoms with Crippen LogP contribution in [0.25, 0.3) is 11.4 Å². The van der Waals surface area contributed by atoms with E-state index in [9.17, 15) is 10.0 Å². The topological polar surface area (TPSA) is 84.1 Å². The second-order valence-electron chi connectivity index (χ2n) is 3.48. The van der Waals surface area contributed by atoms with Crippen molar-refractivity contribution in [2.24, 2.45) is 7.05 Å². The van der Waals surface area contributed by atoms with Crippen LogP contribution in [0.15, 0.2) is 24.3 Å². The molecule has 7 nitrogen and oxygen atoms in total. The van der Waals surface area contributed by atoms with Gasteiger partial charge in [0, 0.05) is 12.5 Å². The van der Waals surface area contributed by atoms with Gasteiger partial charge in [0.05, 0.1) is 12.7 Å². The summed E-state index contributed by atoms with van der Waals surface area (Å²) < 4.78 is 0. The zero-order valence-electron chi connectivity index (χ0n) is 9.40. The molecule has 2 rings (SSSR count). The lowest BCUT2D eigenvalue weighted by atomic mass is 10.2. The Bertz CT molecular complexity index is 551. The standard InChI is InChI=1S/C10H11N5O2/c1-7(16)15(17)9-5-3-4-8(6-9)10-11-13-14(2)12-10/h3-6,17H,1-2H3. The van der Waals surface area contributed by atoms with Crippen LogP contribution in [0, 0.1) is 0 Å². The molecule has 0 bridgehead atoms. The van der Waals surface area contributed by atoms with Crippen LogP contribution in [0.1, 0.15) is 6.92 Å². The molecule has 0 aliphatic carbocycles. The maximum absolute atomic E-state index is 11.0. The van der Waals surface area contributed by atoms with Crippen molar-refractivity contribution in [2.75, 3.05) is 5.06 Å². The number of rotatable bonds is 2. The molecule has 0 saturated heterocycles. The van der Waals surface area contributed by atoms with Crippen LogP contribution in [0.3, 0.4) is 0 Å². The summed E-state index contributed by atoms with van der Waals surface area (Å²) in [7, 11) is 1.66. The van der Waals surface area contributed by atoms with E-state index in [4.69, 9.17) is 0 Å². The van der Waals surface area contributed by atoms with E-state index in [1.807, 2.05) is 0 Å². The molecule has 2 aromatic rings. The molecule has 0 spiro atoms. The number of tetrazole rings is 1. The van der Waals surface area contributed by atoms with Gasteiger partial charge >= 0.3 is 0 Å². The molecule has 0 aliphatic rings. The number of carbonyl (C=O) groups excluding carboxylic acids is 1. The number of hydrogen-bond donors (Lipinski definition) is 1. The van der Waals surface area contributed by atoms with Gasteiger partial charge in [-0.2, -0.15) is 9.86 Å². The normalized spacial score (nSPS) is 10.3. The lowest BCUT2D eigenvalue weighted by Crippen LogP contribution is -2.23. The summed E-state index contributed by atoms with van der Waals surface area (Å²) in [6, 6.07) is 6.70. The minimum Gasteiger partial charge on any atom is -0.281 e. The first-order valence-electron chi connectivity index (χ1n) is 4.92. The van der Waals surface area contributed by atoms with E-state index in [2.05, 4.69) is 15.4 Å². The predicted molar refractivity (Wildman–Crippen MR) is 59.2 cm³/mol. The second kappa shape index (κ2) is 4.30. The minimum atomic E-state index is -0.464. The number of aromatic nitrogens is 4. The average molecular weight is 233 g/mol. The predicted octanol–water partition coefficient (Wildman–Crippen LogP) is 0.619. The van der Waals surface area contributed by atoms with E-state index in [1.165, 1.54) is 11.7 Å². The third-order valence-corrected chi connectivity index (χ3v) is 2.16. The second-order valence-corrected chi connectivity index (χ2v) is 3.48. The summed E-state index contributed by atoms with van der Waals surface area (Å²) >= 11 is 0. The van der Waals surface area contributed by atoms with Crippen molar-refractivity contribution in [3.05, 3.63) is 24.3 Å². The van der Waals surface area contributed by atoms with Crippen LogP contribution >= 0.6 is 0 Å². The Morgan fingerprint density at radius 2 is 2.24 bits per heavy atom. The SMILES string of the molecule is CC(=O)N(O)c1cccc(-c2nnn(C)n2)c1. The number of amides is 1. The highest BCUT2D eigenvalue weighted by Crippen LogP contribution is 2.20. The maximum Gasteiger partial charge on any atom is 0.247 e. The first kappa shape index (κ1) is 11.2. The molecule has 1 aromatic carbocycles. The van der Waals surface area contributed by atoms with Gasteiger partial charge in [-0.15, -0.1) is 10.2 Å². The number of hydrogen-bond acceptors (Lipinski definition) is 5. The monoisotopic (exact) mass is 233 g/mol. The summed E-state index contributed by atoms with van der Waals surface area (Å²) in [6.45, 7) is 1.27. The number of carbonyl (C=O) groups is 1. The van der Waals surface area contributed by atoms with E-state index in [-0.39, 0.29) is 0 Å². The van der Waals surface area contributed by atoms with Gasteiger partial charge in [-0.25, -0.2) is 0 Å². The molecular weight excluding hydrogens is 222 g/mol. The van der Waals surface area contributed by atoms with Crippen molar-refractivity contribution in [2.45, 2.75) is 6.92 Å². The minimum absolute atomic E-state index is 0.363. The van der Waals surface area contributed by atoms with Crippen LogP contribution in [0.5, 0.6) is 0 Å². The van der Waals surface area contributed by atoms with Gasteiger partial charge < -0.3 is 0 Å². The quantitative estimate of drug-likeness (QED) is 0.607. The van der Waals surface area contributed by atoms with Crippen LogP contribution in [-0.4, -0.2) is 31.3 Å². The van der Waals surface area contributed by atoms with Crippen molar-refractivity contribution in [3.63, 3.8) is 0 Å². The molecule has 7 heteroatoms. The van der Waals surface area contributed by atoms with Crippen molar-refractivity contribution >= 4 is 11.6 Å². The molecule has 0 fully saturated rings. The van der Waals surface area contributed by atoms with E-state index in [0.29, 0.717) is 22.1 Å². The van der Waals surface area contributed by atoms with E-state index in [0.717, 1.165) is 0 Å². The molecule has 0 saturated carbocycles. The van der Waals surface area contributed by atoms with Crippen LogP contribution in [0.2, 0.25) is 0 Å². The fourth-order valence-electron chi connectivity index (χ4n) is 1.36. The first-order valence-corrected chi connectivity index (χ1v) is 4.92. The Labute approximate surface area is 97.2 Å². The Balaban J connectivity index is 2.38. The van der Waals surface area contributed by atoms with Crippen LogP contribution in [0.4, 0.5) is 5.69 Å². The van der Waals surface area contributed by atoms with Gasteiger partial charge in [-0.1, -0.05) is 12.1 Å². The van der Waals surface area contributed by atoms with E-state index in [1.54, 1.807) is 31.3 Å². The molecule has 1 aromatic heterocycles. The zero-order chi connectivity index (χ0) is 12.4. The highest BCUT2D eigenvalue weighted by molar-refractivity contribution is 5.89. The summed E-state index contributed by atoms with van der Waals surface area (Å²) in [6.07, 6.45) is 0. The maximum atomic E-state index is 11.0. The molecule has 0 aliphatic heterocycles. The molecule has 1 heterocycles. The average Bonchev–Trinajstić information content (AvgIpc) is 2.75. The lowest BCUT2D eigenvalue weighted by Gasteiger charge is -2.12. The highest BCUT2D eigenvalue weighted by Gasteiger charge is 2.10. The number of hydroxylamine groups is 1. The number of anilines is 1. The van der Waals surface area contributed by atoms with E-state index < -0.39 is 5.91 Å². The van der Waals surface area contributed by atoms with Crippen LogP contribution < -0.4 is 5.06 Å². The van der Waals surface area contributed by atoms with Crippen molar-refractivity contribution in [3.8, 4) is 11.4 Å². The molecular formula is C10H11N5O2. The Morgan fingerprint density at radius 3 is 2.82 bits per heavy atom. The van der Waals surface area contributed by atoms with Crippen molar-refractivity contribution in [1.29, 1.82) is 0 Å².